The average Bonchev–Trinajstić information content (AvgIpc) is 2.57. The number of halogens is 1. The van der Waals surface area contributed by atoms with Crippen molar-refractivity contribution in [2.75, 3.05) is 11.4 Å². The minimum absolute atomic E-state index is 0.0314. The van der Waals surface area contributed by atoms with Crippen molar-refractivity contribution in [2.45, 2.75) is 26.9 Å². The molecule has 2 rings (SSSR count). The number of hydrogen-bond acceptors (Lipinski definition) is 3. The highest BCUT2D eigenvalue weighted by Gasteiger charge is 2.18. The Labute approximate surface area is 162 Å². The van der Waals surface area contributed by atoms with Crippen LogP contribution in [0.3, 0.4) is 0 Å². The van der Waals surface area contributed by atoms with Gasteiger partial charge in [0.25, 0.3) is 5.91 Å². The topological polar surface area (TPSA) is 41.6 Å². The number of nitrogens with zero attached hydrogens (tertiary/aromatic N) is 1. The second-order valence-corrected chi connectivity index (χ2v) is 6.95. The zero-order valence-electron chi connectivity index (χ0n) is 14.5. The van der Waals surface area contributed by atoms with Crippen LogP contribution in [0, 0.1) is 0 Å². The lowest BCUT2D eigenvalue weighted by Crippen LogP contribution is -2.42. The Hall–Kier alpha value is -1.92. The third kappa shape index (κ3) is 5.28. The molecule has 2 aromatic carbocycles. The second kappa shape index (κ2) is 8.97. The number of benzene rings is 2. The summed E-state index contributed by atoms with van der Waals surface area (Å²) in [4.78, 5) is 14.6. The molecule has 0 fully saturated rings. The van der Waals surface area contributed by atoms with Gasteiger partial charge < -0.3 is 9.64 Å². The summed E-state index contributed by atoms with van der Waals surface area (Å²) in [5.74, 6) is 0.234. The molecule has 0 aliphatic rings. The van der Waals surface area contributed by atoms with Gasteiger partial charge in [0, 0.05) is 16.7 Å². The van der Waals surface area contributed by atoms with E-state index < -0.39 is 0 Å². The van der Waals surface area contributed by atoms with Gasteiger partial charge in [-0.05, 0) is 63.3 Å². The molecule has 0 atom stereocenters. The second-order valence-electron chi connectivity index (χ2n) is 5.65. The number of amides is 1. The van der Waals surface area contributed by atoms with Gasteiger partial charge in [-0.25, -0.2) is 0 Å². The molecule has 0 bridgehead atoms. The molecular weight excluding hydrogens is 400 g/mol. The summed E-state index contributed by atoms with van der Waals surface area (Å²) in [7, 11) is 0. The first-order valence-corrected chi connectivity index (χ1v) is 9.26. The molecule has 25 heavy (non-hydrogen) atoms. The number of carbonyl (C=O) groups excluding carboxylic acids is 1. The van der Waals surface area contributed by atoms with Crippen molar-refractivity contribution in [3.05, 3.63) is 58.6 Å². The van der Waals surface area contributed by atoms with Crippen LogP contribution in [0.4, 0.5) is 5.69 Å². The molecule has 0 unspecified atom stereocenters. The number of ether oxygens (including phenoxy) is 1. The van der Waals surface area contributed by atoms with Crippen molar-refractivity contribution in [1.29, 1.82) is 0 Å². The normalized spacial score (nSPS) is 10.4. The highest BCUT2D eigenvalue weighted by molar-refractivity contribution is 9.10. The largest absolute Gasteiger partial charge is 0.490 e. The van der Waals surface area contributed by atoms with Gasteiger partial charge >= 0.3 is 0 Å². The predicted octanol–water partition coefficient (Wildman–Crippen LogP) is 4.78. The summed E-state index contributed by atoms with van der Waals surface area (Å²) < 4.78 is 6.54. The van der Waals surface area contributed by atoms with Crippen LogP contribution >= 0.6 is 28.1 Å². The molecule has 1 amide bonds. The molecule has 0 spiro atoms. The molecule has 1 N–H and O–H groups in total. The van der Waals surface area contributed by atoms with Crippen LogP contribution in [-0.4, -0.2) is 23.7 Å². The van der Waals surface area contributed by atoms with Gasteiger partial charge in [-0.1, -0.05) is 34.1 Å². The van der Waals surface area contributed by atoms with Gasteiger partial charge in [-0.15, -0.1) is 0 Å². The van der Waals surface area contributed by atoms with Crippen molar-refractivity contribution >= 4 is 44.9 Å². The fraction of sp³-hybridized carbons (Fsp3) is 0.263. The van der Waals surface area contributed by atoms with Gasteiger partial charge in [0.05, 0.1) is 11.7 Å². The van der Waals surface area contributed by atoms with E-state index in [1.165, 1.54) is 0 Å². The van der Waals surface area contributed by atoms with Gasteiger partial charge in [0.1, 0.15) is 5.75 Å². The number of anilines is 1. The first-order chi connectivity index (χ1) is 11.9. The first kappa shape index (κ1) is 19.4. The van der Waals surface area contributed by atoms with Crippen molar-refractivity contribution in [1.82, 2.24) is 5.32 Å². The van der Waals surface area contributed by atoms with Crippen LogP contribution in [0.25, 0.3) is 0 Å². The number of rotatable bonds is 5. The van der Waals surface area contributed by atoms with Gasteiger partial charge in [-0.3, -0.25) is 10.1 Å². The molecule has 0 heterocycles. The zero-order valence-corrected chi connectivity index (χ0v) is 16.9. The molecule has 6 heteroatoms. The lowest BCUT2D eigenvalue weighted by Gasteiger charge is -2.24. The van der Waals surface area contributed by atoms with Crippen molar-refractivity contribution < 1.29 is 9.53 Å². The maximum absolute atomic E-state index is 12.7. The van der Waals surface area contributed by atoms with E-state index in [0.717, 1.165) is 10.2 Å². The van der Waals surface area contributed by atoms with Crippen LogP contribution in [0.2, 0.25) is 0 Å². The lowest BCUT2D eigenvalue weighted by atomic mass is 10.2. The number of thiocarbonyl (C=S) groups is 1. The van der Waals surface area contributed by atoms with E-state index in [2.05, 4.69) is 21.2 Å². The Morgan fingerprint density at radius 2 is 1.92 bits per heavy atom. The van der Waals surface area contributed by atoms with Crippen LogP contribution in [0.5, 0.6) is 5.75 Å². The summed E-state index contributed by atoms with van der Waals surface area (Å²) in [5, 5.41) is 3.16. The van der Waals surface area contributed by atoms with E-state index in [1.54, 1.807) is 12.1 Å². The fourth-order valence-electron chi connectivity index (χ4n) is 2.32. The molecule has 0 saturated heterocycles. The number of para-hydroxylation sites is 1. The highest BCUT2D eigenvalue weighted by Crippen LogP contribution is 2.24. The molecule has 0 saturated carbocycles. The lowest BCUT2D eigenvalue weighted by molar-refractivity contribution is 0.0971. The average molecular weight is 421 g/mol. The fourth-order valence-corrected chi connectivity index (χ4v) is 3.01. The third-order valence-corrected chi connectivity index (χ3v) is 4.21. The summed E-state index contributed by atoms with van der Waals surface area (Å²) in [6.07, 6.45) is -0.0314. The van der Waals surface area contributed by atoms with Crippen molar-refractivity contribution in [2.24, 2.45) is 0 Å². The maximum atomic E-state index is 12.7. The van der Waals surface area contributed by atoms with E-state index in [-0.39, 0.29) is 12.0 Å². The van der Waals surface area contributed by atoms with Crippen LogP contribution in [0.15, 0.2) is 53.0 Å². The third-order valence-electron chi connectivity index (χ3n) is 3.40. The summed E-state index contributed by atoms with van der Waals surface area (Å²) >= 11 is 8.84. The molecule has 4 nitrogen and oxygen atoms in total. The molecule has 132 valence electrons. The monoisotopic (exact) mass is 420 g/mol. The Morgan fingerprint density at radius 1 is 1.24 bits per heavy atom. The molecular formula is C19H21BrN2O2S. The van der Waals surface area contributed by atoms with Crippen LogP contribution < -0.4 is 15.0 Å². The standard InChI is InChI=1S/C19H21BrN2O2S/c1-4-22(15-8-6-5-7-9-15)19(25)21-18(23)16-12-14(20)10-11-17(16)24-13(2)3/h5-13H,4H2,1-3H3,(H,21,23,25). The molecule has 0 aliphatic heterocycles. The van der Waals surface area contributed by atoms with Crippen molar-refractivity contribution in [3.63, 3.8) is 0 Å². The highest BCUT2D eigenvalue weighted by atomic mass is 79.9. The minimum atomic E-state index is -0.295. The van der Waals surface area contributed by atoms with Gasteiger partial charge in [0.2, 0.25) is 0 Å². The van der Waals surface area contributed by atoms with E-state index in [1.807, 2.05) is 62.1 Å². The number of nitrogens with one attached hydrogen (secondary N) is 1. The number of carbonyl (C=O) groups is 1. The zero-order chi connectivity index (χ0) is 18.4. The Bertz CT molecular complexity index is 750. The Morgan fingerprint density at radius 3 is 2.52 bits per heavy atom. The number of hydrogen-bond donors (Lipinski definition) is 1. The quantitative estimate of drug-likeness (QED) is 0.706. The Balaban J connectivity index is 2.21. The van der Waals surface area contributed by atoms with Crippen LogP contribution in [-0.2, 0) is 0 Å². The molecule has 0 aromatic heterocycles. The van der Waals surface area contributed by atoms with E-state index in [9.17, 15) is 4.79 Å². The summed E-state index contributed by atoms with van der Waals surface area (Å²) in [6, 6.07) is 15.1. The molecule has 0 aliphatic carbocycles. The minimum Gasteiger partial charge on any atom is -0.490 e. The van der Waals surface area contributed by atoms with Crippen molar-refractivity contribution in [3.8, 4) is 5.75 Å². The van der Waals surface area contributed by atoms with E-state index >= 15 is 0 Å². The van der Waals surface area contributed by atoms with Gasteiger partial charge in [0.15, 0.2) is 5.11 Å². The molecule has 0 radical (unpaired) electrons. The smallest absolute Gasteiger partial charge is 0.261 e. The summed E-state index contributed by atoms with van der Waals surface area (Å²) in [5.41, 5.74) is 1.37. The molecule has 2 aromatic rings. The SMILES string of the molecule is CCN(C(=S)NC(=O)c1cc(Br)ccc1OC(C)C)c1ccccc1. The van der Waals surface area contributed by atoms with Crippen LogP contribution in [0.1, 0.15) is 31.1 Å². The van der Waals surface area contributed by atoms with E-state index in [0.29, 0.717) is 23.0 Å². The Kier molecular flexibility index (Phi) is 6.96. The summed E-state index contributed by atoms with van der Waals surface area (Å²) in [6.45, 7) is 6.47. The first-order valence-electron chi connectivity index (χ1n) is 8.06. The van der Waals surface area contributed by atoms with E-state index in [4.69, 9.17) is 17.0 Å². The van der Waals surface area contributed by atoms with Gasteiger partial charge in [-0.2, -0.15) is 0 Å². The maximum Gasteiger partial charge on any atom is 0.261 e. The predicted molar refractivity (Wildman–Crippen MR) is 109 cm³/mol.